The Morgan fingerprint density at radius 1 is 0.913 bits per heavy atom. The Kier molecular flexibility index (Phi) is 9.76. The van der Waals surface area contributed by atoms with Gasteiger partial charge in [-0.2, -0.15) is 0 Å². The van der Waals surface area contributed by atoms with Gasteiger partial charge in [0.25, 0.3) is 0 Å². The Balaban J connectivity index is 2.32. The van der Waals surface area contributed by atoms with Crippen molar-refractivity contribution in [1.29, 1.82) is 0 Å². The first-order chi connectivity index (χ1) is 11.2. The van der Waals surface area contributed by atoms with Crippen LogP contribution in [0.5, 0.6) is 0 Å². The average Bonchev–Trinajstić information content (AvgIpc) is 2.55. The van der Waals surface area contributed by atoms with E-state index in [1.807, 2.05) is 0 Å². The van der Waals surface area contributed by atoms with E-state index in [4.69, 9.17) is 4.74 Å². The normalized spacial score (nSPS) is 10.3. The molecule has 23 heavy (non-hydrogen) atoms. The summed E-state index contributed by atoms with van der Waals surface area (Å²) in [4.78, 5) is 23.6. The van der Waals surface area contributed by atoms with Gasteiger partial charge in [0.15, 0.2) is 0 Å². The third-order valence-electron chi connectivity index (χ3n) is 3.64. The fraction of sp³-hybridized carbons (Fsp3) is 0.579. The van der Waals surface area contributed by atoms with Gasteiger partial charge in [-0.05, 0) is 37.1 Å². The van der Waals surface area contributed by atoms with Gasteiger partial charge >= 0.3 is 5.97 Å². The largest absolute Gasteiger partial charge is 0.462 e. The van der Waals surface area contributed by atoms with Crippen LogP contribution in [0.2, 0.25) is 0 Å². The molecule has 1 amide bonds. The van der Waals surface area contributed by atoms with Crippen LogP contribution in [0.25, 0.3) is 0 Å². The summed E-state index contributed by atoms with van der Waals surface area (Å²) in [5, 5.41) is 2.86. The first-order valence-corrected chi connectivity index (χ1v) is 8.74. The maximum absolute atomic E-state index is 11.8. The molecule has 1 N–H and O–H groups in total. The molecule has 0 atom stereocenters. The number of hydrogen-bond acceptors (Lipinski definition) is 3. The highest BCUT2D eigenvalue weighted by molar-refractivity contribution is 5.93. The van der Waals surface area contributed by atoms with Crippen molar-refractivity contribution >= 4 is 17.6 Å². The minimum absolute atomic E-state index is 0.0276. The van der Waals surface area contributed by atoms with Crippen LogP contribution in [0.4, 0.5) is 5.69 Å². The Morgan fingerprint density at radius 3 is 2.22 bits per heavy atom. The van der Waals surface area contributed by atoms with E-state index in [-0.39, 0.29) is 11.9 Å². The Bertz CT molecular complexity index is 468. The number of carbonyl (C=O) groups excluding carboxylic acids is 2. The van der Waals surface area contributed by atoms with Gasteiger partial charge in [0, 0.05) is 12.1 Å². The molecule has 0 saturated heterocycles. The van der Waals surface area contributed by atoms with E-state index in [1.165, 1.54) is 19.3 Å². The molecular formula is C19H29NO3. The number of nitrogens with one attached hydrogen (secondary N) is 1. The van der Waals surface area contributed by atoms with Gasteiger partial charge in [-0.3, -0.25) is 4.79 Å². The second-order valence-corrected chi connectivity index (χ2v) is 5.78. The molecule has 1 rings (SSSR count). The Labute approximate surface area is 139 Å². The minimum atomic E-state index is -0.313. The molecule has 1 aromatic rings. The SMILES string of the molecule is CCCCCCCC(=O)Nc1ccc(C(=O)OCCCC)cc1. The van der Waals surface area contributed by atoms with Crippen LogP contribution in [0.15, 0.2) is 24.3 Å². The highest BCUT2D eigenvalue weighted by Crippen LogP contribution is 2.12. The van der Waals surface area contributed by atoms with Crippen molar-refractivity contribution in [2.75, 3.05) is 11.9 Å². The number of benzene rings is 1. The molecule has 0 aliphatic carbocycles. The maximum atomic E-state index is 11.8. The highest BCUT2D eigenvalue weighted by Gasteiger charge is 2.07. The van der Waals surface area contributed by atoms with E-state index in [2.05, 4.69) is 19.2 Å². The first kappa shape index (κ1) is 19.2. The summed E-state index contributed by atoms with van der Waals surface area (Å²) >= 11 is 0. The van der Waals surface area contributed by atoms with E-state index < -0.39 is 0 Å². The molecule has 0 aliphatic rings. The summed E-state index contributed by atoms with van der Waals surface area (Å²) < 4.78 is 5.15. The summed E-state index contributed by atoms with van der Waals surface area (Å²) in [6, 6.07) is 6.85. The summed E-state index contributed by atoms with van der Waals surface area (Å²) in [7, 11) is 0. The molecule has 0 saturated carbocycles. The molecule has 0 aromatic heterocycles. The second-order valence-electron chi connectivity index (χ2n) is 5.78. The molecule has 128 valence electrons. The number of ether oxygens (including phenoxy) is 1. The topological polar surface area (TPSA) is 55.4 Å². The average molecular weight is 319 g/mol. The van der Waals surface area contributed by atoms with Gasteiger partial charge in [-0.15, -0.1) is 0 Å². The van der Waals surface area contributed by atoms with Crippen molar-refractivity contribution in [1.82, 2.24) is 0 Å². The van der Waals surface area contributed by atoms with Crippen LogP contribution < -0.4 is 5.32 Å². The number of unbranched alkanes of at least 4 members (excludes halogenated alkanes) is 5. The Hall–Kier alpha value is -1.84. The molecule has 4 heteroatoms. The number of amides is 1. The van der Waals surface area contributed by atoms with Crippen molar-refractivity contribution in [2.24, 2.45) is 0 Å². The molecule has 0 aliphatic heterocycles. The summed E-state index contributed by atoms with van der Waals surface area (Å²) in [6.45, 7) is 4.68. The first-order valence-electron chi connectivity index (χ1n) is 8.74. The molecule has 0 spiro atoms. The summed E-state index contributed by atoms with van der Waals surface area (Å²) in [5.74, 6) is -0.285. The quantitative estimate of drug-likeness (QED) is 0.464. The lowest BCUT2D eigenvalue weighted by molar-refractivity contribution is -0.116. The third-order valence-corrected chi connectivity index (χ3v) is 3.64. The third kappa shape index (κ3) is 8.38. The molecule has 0 unspecified atom stereocenters. The zero-order valence-electron chi connectivity index (χ0n) is 14.4. The fourth-order valence-corrected chi connectivity index (χ4v) is 2.19. The predicted molar refractivity (Wildman–Crippen MR) is 93.6 cm³/mol. The smallest absolute Gasteiger partial charge is 0.338 e. The van der Waals surface area contributed by atoms with Crippen molar-refractivity contribution in [3.05, 3.63) is 29.8 Å². The van der Waals surface area contributed by atoms with Gasteiger partial charge < -0.3 is 10.1 Å². The summed E-state index contributed by atoms with van der Waals surface area (Å²) in [6.07, 6.45) is 8.08. The van der Waals surface area contributed by atoms with Crippen LogP contribution in [0.3, 0.4) is 0 Å². The maximum Gasteiger partial charge on any atom is 0.338 e. The minimum Gasteiger partial charge on any atom is -0.462 e. The lowest BCUT2D eigenvalue weighted by Crippen LogP contribution is -2.11. The van der Waals surface area contributed by atoms with Crippen molar-refractivity contribution in [2.45, 2.75) is 65.2 Å². The lowest BCUT2D eigenvalue weighted by Gasteiger charge is -2.07. The van der Waals surface area contributed by atoms with Gasteiger partial charge in [-0.1, -0.05) is 46.0 Å². The van der Waals surface area contributed by atoms with Gasteiger partial charge in [0.1, 0.15) is 0 Å². The number of carbonyl (C=O) groups is 2. The Morgan fingerprint density at radius 2 is 1.57 bits per heavy atom. The standard InChI is InChI=1S/C19H29NO3/c1-3-5-7-8-9-10-18(21)20-17-13-11-16(12-14-17)19(22)23-15-6-4-2/h11-14H,3-10,15H2,1-2H3,(H,20,21). The second kappa shape index (κ2) is 11.7. The molecule has 0 bridgehead atoms. The number of hydrogen-bond donors (Lipinski definition) is 1. The molecule has 0 heterocycles. The van der Waals surface area contributed by atoms with Crippen molar-refractivity contribution in [3.63, 3.8) is 0 Å². The zero-order valence-corrected chi connectivity index (χ0v) is 14.4. The number of anilines is 1. The van der Waals surface area contributed by atoms with Crippen molar-refractivity contribution in [3.8, 4) is 0 Å². The van der Waals surface area contributed by atoms with E-state index in [9.17, 15) is 9.59 Å². The highest BCUT2D eigenvalue weighted by atomic mass is 16.5. The monoisotopic (exact) mass is 319 g/mol. The molecule has 4 nitrogen and oxygen atoms in total. The molecule has 1 aromatic carbocycles. The molecule has 0 radical (unpaired) electrons. The molecule has 0 fully saturated rings. The number of esters is 1. The van der Waals surface area contributed by atoms with Crippen LogP contribution in [-0.2, 0) is 9.53 Å². The van der Waals surface area contributed by atoms with E-state index in [0.29, 0.717) is 24.3 Å². The van der Waals surface area contributed by atoms with Gasteiger partial charge in [0.2, 0.25) is 5.91 Å². The zero-order chi connectivity index (χ0) is 16.9. The van der Waals surface area contributed by atoms with Crippen LogP contribution in [-0.4, -0.2) is 18.5 Å². The predicted octanol–water partition coefficient (Wildman–Crippen LogP) is 4.94. The van der Waals surface area contributed by atoms with Gasteiger partial charge in [0.05, 0.1) is 12.2 Å². The van der Waals surface area contributed by atoms with Crippen molar-refractivity contribution < 1.29 is 14.3 Å². The van der Waals surface area contributed by atoms with Gasteiger partial charge in [-0.25, -0.2) is 4.79 Å². The van der Waals surface area contributed by atoms with Crippen LogP contribution >= 0.6 is 0 Å². The van der Waals surface area contributed by atoms with E-state index >= 15 is 0 Å². The lowest BCUT2D eigenvalue weighted by atomic mass is 10.1. The van der Waals surface area contributed by atoms with E-state index in [1.54, 1.807) is 24.3 Å². The van der Waals surface area contributed by atoms with Crippen LogP contribution in [0.1, 0.15) is 75.6 Å². The summed E-state index contributed by atoms with van der Waals surface area (Å²) in [5.41, 5.74) is 1.23. The number of rotatable bonds is 11. The van der Waals surface area contributed by atoms with Crippen LogP contribution in [0, 0.1) is 0 Å². The molecular weight excluding hydrogens is 290 g/mol. The van der Waals surface area contributed by atoms with E-state index in [0.717, 1.165) is 25.7 Å². The fourth-order valence-electron chi connectivity index (χ4n) is 2.19.